The van der Waals surface area contributed by atoms with Crippen LogP contribution >= 0.6 is 11.3 Å². The number of hydrogen-bond acceptors (Lipinski definition) is 6. The van der Waals surface area contributed by atoms with Crippen LogP contribution in [0.3, 0.4) is 0 Å². The largest absolute Gasteiger partial charge is 0.322 e. The van der Waals surface area contributed by atoms with Crippen LogP contribution in [0.2, 0.25) is 0 Å². The third-order valence-corrected chi connectivity index (χ3v) is 8.04. The molecule has 1 fully saturated rings. The number of carbonyl (C=O) groups excluding carboxylic acids is 3. The van der Waals surface area contributed by atoms with Crippen molar-refractivity contribution in [1.82, 2.24) is 19.4 Å². The summed E-state index contributed by atoms with van der Waals surface area (Å²) in [6, 6.07) is 16.1. The first-order valence-electron chi connectivity index (χ1n) is 12.8. The summed E-state index contributed by atoms with van der Waals surface area (Å²) in [5, 5.41) is 7.39. The minimum Gasteiger partial charge on any atom is -0.322 e. The Morgan fingerprint density at radius 1 is 1.02 bits per heavy atom. The molecule has 0 radical (unpaired) electrons. The van der Waals surface area contributed by atoms with Gasteiger partial charge in [0.15, 0.2) is 0 Å². The van der Waals surface area contributed by atoms with Crippen LogP contribution in [-0.4, -0.2) is 31.8 Å². The number of amides is 3. The number of nitrogens with zero attached hydrogens (tertiary/aromatic N) is 3. The van der Waals surface area contributed by atoms with Crippen molar-refractivity contribution in [2.45, 2.75) is 32.7 Å². The third kappa shape index (κ3) is 4.42. The maximum atomic E-state index is 13.8. The van der Waals surface area contributed by atoms with Crippen LogP contribution in [0, 0.1) is 13.8 Å². The predicted octanol–water partition coefficient (Wildman–Crippen LogP) is 4.76. The zero-order valence-electron chi connectivity index (χ0n) is 21.8. The van der Waals surface area contributed by atoms with Crippen LogP contribution in [0.5, 0.6) is 0 Å². The lowest BCUT2D eigenvalue weighted by molar-refractivity contribution is -0.135. The molecule has 200 valence electrons. The SMILES string of the molecule is Cc1ccc(-c2csc(C(=O)Nc3cccc4nc(C)n(C5CCC(=O)NC5=O)c(=O)c34)c2-n2cccc2)cc1. The Kier molecular flexibility index (Phi) is 6.39. The van der Waals surface area contributed by atoms with Crippen LogP contribution in [0.4, 0.5) is 5.69 Å². The molecule has 0 spiro atoms. The number of rotatable bonds is 5. The van der Waals surface area contributed by atoms with Crippen LogP contribution in [-0.2, 0) is 9.59 Å². The van der Waals surface area contributed by atoms with Gasteiger partial charge in [0, 0.05) is 29.8 Å². The minimum atomic E-state index is -0.861. The van der Waals surface area contributed by atoms with Crippen LogP contribution in [0.25, 0.3) is 27.7 Å². The molecule has 0 saturated carbocycles. The topological polar surface area (TPSA) is 115 Å². The molecule has 1 unspecified atom stereocenters. The molecule has 6 rings (SSSR count). The molecule has 1 atom stereocenters. The fraction of sp³-hybridized carbons (Fsp3) is 0.167. The molecule has 1 aliphatic heterocycles. The number of imide groups is 1. The average molecular weight is 552 g/mol. The second kappa shape index (κ2) is 10.0. The Hall–Kier alpha value is -4.83. The summed E-state index contributed by atoms with van der Waals surface area (Å²) in [5.74, 6) is -0.922. The van der Waals surface area contributed by atoms with E-state index in [1.807, 2.05) is 65.7 Å². The highest BCUT2D eigenvalue weighted by Crippen LogP contribution is 2.36. The van der Waals surface area contributed by atoms with E-state index in [1.165, 1.54) is 15.9 Å². The number of fused-ring (bicyclic) bond motifs is 1. The molecule has 3 amide bonds. The monoisotopic (exact) mass is 551 g/mol. The summed E-state index contributed by atoms with van der Waals surface area (Å²) < 4.78 is 3.22. The summed E-state index contributed by atoms with van der Waals surface area (Å²) in [5.41, 5.74) is 4.04. The maximum Gasteiger partial charge on any atom is 0.267 e. The first-order valence-corrected chi connectivity index (χ1v) is 13.7. The van der Waals surface area contributed by atoms with Gasteiger partial charge in [-0.3, -0.25) is 29.1 Å². The van der Waals surface area contributed by atoms with E-state index in [4.69, 9.17) is 0 Å². The lowest BCUT2D eigenvalue weighted by atomic mass is 10.0. The van der Waals surface area contributed by atoms with Gasteiger partial charge in [-0.15, -0.1) is 11.3 Å². The third-order valence-electron chi connectivity index (χ3n) is 7.07. The summed E-state index contributed by atoms with van der Waals surface area (Å²) in [7, 11) is 0. The fourth-order valence-corrected chi connectivity index (χ4v) is 6.09. The highest BCUT2D eigenvalue weighted by molar-refractivity contribution is 7.13. The standard InChI is InChI=1S/C30H25N5O4S/c1-17-8-10-19(11-9-17)20-16-40-27(26(20)34-14-3-4-15-34)29(38)32-22-7-5-6-21-25(22)30(39)35(18(2)31-21)23-12-13-24(36)33-28(23)37/h3-11,14-16,23H,12-13H2,1-2H3,(H,32,38)(H,33,36,37). The number of benzene rings is 2. The Labute approximate surface area is 233 Å². The number of thiophene rings is 1. The number of anilines is 1. The van der Waals surface area contributed by atoms with Crippen molar-refractivity contribution < 1.29 is 14.4 Å². The van der Waals surface area contributed by atoms with E-state index < -0.39 is 17.5 Å². The number of aryl methyl sites for hydroxylation is 2. The van der Waals surface area contributed by atoms with Crippen molar-refractivity contribution in [2.75, 3.05) is 5.32 Å². The molecule has 4 heterocycles. The average Bonchev–Trinajstić information content (AvgIpc) is 3.60. The van der Waals surface area contributed by atoms with Gasteiger partial charge in [0.25, 0.3) is 11.5 Å². The van der Waals surface area contributed by atoms with Crippen molar-refractivity contribution in [2.24, 2.45) is 0 Å². The van der Waals surface area contributed by atoms with Gasteiger partial charge < -0.3 is 9.88 Å². The second-order valence-electron chi connectivity index (χ2n) is 9.74. The second-order valence-corrected chi connectivity index (χ2v) is 10.6. The normalized spacial score (nSPS) is 15.3. The lowest BCUT2D eigenvalue weighted by Crippen LogP contribution is -2.45. The molecular weight excluding hydrogens is 526 g/mol. The van der Waals surface area contributed by atoms with Gasteiger partial charge in [-0.05, 0) is 50.1 Å². The van der Waals surface area contributed by atoms with Crippen molar-refractivity contribution in [1.29, 1.82) is 0 Å². The van der Waals surface area contributed by atoms with Crippen molar-refractivity contribution in [3.63, 3.8) is 0 Å². The van der Waals surface area contributed by atoms with Gasteiger partial charge in [-0.2, -0.15) is 0 Å². The molecule has 2 N–H and O–H groups in total. The van der Waals surface area contributed by atoms with E-state index in [0.29, 0.717) is 21.9 Å². The number of hydrogen-bond donors (Lipinski definition) is 2. The Morgan fingerprint density at radius 2 is 1.77 bits per heavy atom. The zero-order valence-corrected chi connectivity index (χ0v) is 22.6. The lowest BCUT2D eigenvalue weighted by Gasteiger charge is -2.24. The fourth-order valence-electron chi connectivity index (χ4n) is 5.12. The van der Waals surface area contributed by atoms with Crippen LogP contribution in [0.1, 0.15) is 39.9 Å². The summed E-state index contributed by atoms with van der Waals surface area (Å²) >= 11 is 1.32. The minimum absolute atomic E-state index is 0.128. The van der Waals surface area contributed by atoms with Crippen molar-refractivity contribution in [3.8, 4) is 16.8 Å². The molecule has 3 aromatic heterocycles. The van der Waals surface area contributed by atoms with Gasteiger partial charge in [0.2, 0.25) is 11.8 Å². The smallest absolute Gasteiger partial charge is 0.267 e. The predicted molar refractivity (Wildman–Crippen MR) is 154 cm³/mol. The zero-order chi connectivity index (χ0) is 28.0. The van der Waals surface area contributed by atoms with Gasteiger partial charge in [-0.25, -0.2) is 4.98 Å². The van der Waals surface area contributed by atoms with E-state index in [0.717, 1.165) is 22.4 Å². The van der Waals surface area contributed by atoms with Gasteiger partial charge in [0.05, 0.1) is 22.3 Å². The molecule has 0 aliphatic carbocycles. The molecular formula is C30H25N5O4S. The van der Waals surface area contributed by atoms with Gasteiger partial charge in [-0.1, -0.05) is 35.9 Å². The highest BCUT2D eigenvalue weighted by Gasteiger charge is 2.31. The summed E-state index contributed by atoms with van der Waals surface area (Å²) in [6.07, 6.45) is 4.10. The van der Waals surface area contributed by atoms with Crippen molar-refractivity contribution >= 4 is 45.6 Å². The van der Waals surface area contributed by atoms with E-state index >= 15 is 0 Å². The molecule has 5 aromatic rings. The summed E-state index contributed by atoms with van der Waals surface area (Å²) in [6.45, 7) is 3.68. The molecule has 1 saturated heterocycles. The first kappa shape index (κ1) is 25.4. The van der Waals surface area contributed by atoms with Crippen LogP contribution in [0.15, 0.2) is 77.2 Å². The molecule has 9 nitrogen and oxygen atoms in total. The molecule has 10 heteroatoms. The Balaban J connectivity index is 1.43. The number of aromatic nitrogens is 3. The molecule has 0 bridgehead atoms. The van der Waals surface area contributed by atoms with E-state index in [2.05, 4.69) is 15.6 Å². The molecule has 40 heavy (non-hydrogen) atoms. The number of piperidine rings is 1. The number of nitrogens with one attached hydrogen (secondary N) is 2. The first-order chi connectivity index (χ1) is 19.3. The number of carbonyl (C=O) groups is 3. The Bertz CT molecular complexity index is 1850. The van der Waals surface area contributed by atoms with Gasteiger partial charge in [0.1, 0.15) is 16.7 Å². The van der Waals surface area contributed by atoms with E-state index in [9.17, 15) is 19.2 Å². The molecule has 1 aliphatic rings. The maximum absolute atomic E-state index is 13.8. The van der Waals surface area contributed by atoms with Crippen molar-refractivity contribution in [3.05, 3.63) is 99.0 Å². The van der Waals surface area contributed by atoms with E-state index in [-0.39, 0.29) is 30.0 Å². The Morgan fingerprint density at radius 3 is 2.50 bits per heavy atom. The van der Waals surface area contributed by atoms with Crippen LogP contribution < -0.4 is 16.2 Å². The van der Waals surface area contributed by atoms with E-state index in [1.54, 1.807) is 25.1 Å². The van der Waals surface area contributed by atoms with Gasteiger partial charge >= 0.3 is 0 Å². The highest BCUT2D eigenvalue weighted by atomic mass is 32.1. The molecule has 2 aromatic carbocycles. The summed E-state index contributed by atoms with van der Waals surface area (Å²) in [4.78, 5) is 56.9. The quantitative estimate of drug-likeness (QED) is 0.306.